The van der Waals surface area contributed by atoms with E-state index in [1.807, 2.05) is 12.1 Å². The summed E-state index contributed by atoms with van der Waals surface area (Å²) in [4.78, 5) is 0. The Hall–Kier alpha value is -1.55. The third-order valence-corrected chi connectivity index (χ3v) is 3.96. The number of benzene rings is 2. The molecule has 21 heavy (non-hydrogen) atoms. The van der Waals surface area contributed by atoms with Crippen LogP contribution in [0.15, 0.2) is 42.5 Å². The van der Waals surface area contributed by atoms with Crippen molar-refractivity contribution in [2.45, 2.75) is 19.1 Å². The van der Waals surface area contributed by atoms with Crippen molar-refractivity contribution in [1.82, 2.24) is 0 Å². The van der Waals surface area contributed by atoms with Crippen LogP contribution in [-0.2, 0) is 17.8 Å². The summed E-state index contributed by atoms with van der Waals surface area (Å²) in [5.74, 6) is 0.612. The Morgan fingerprint density at radius 2 is 2.10 bits per heavy atom. The fourth-order valence-electron chi connectivity index (χ4n) is 2.54. The van der Waals surface area contributed by atoms with Gasteiger partial charge in [-0.25, -0.2) is 0 Å². The van der Waals surface area contributed by atoms with Crippen molar-refractivity contribution in [3.63, 3.8) is 0 Å². The first-order chi connectivity index (χ1) is 10.3. The summed E-state index contributed by atoms with van der Waals surface area (Å²) < 4.78 is 11.6. The van der Waals surface area contributed by atoms with Gasteiger partial charge in [-0.3, -0.25) is 0 Å². The largest absolute Gasteiger partial charge is 0.489 e. The average Bonchev–Trinajstić information content (AvgIpc) is 2.53. The van der Waals surface area contributed by atoms with E-state index >= 15 is 0 Å². The van der Waals surface area contributed by atoms with Gasteiger partial charge in [-0.05, 0) is 35.2 Å². The second-order valence-electron chi connectivity index (χ2n) is 5.04. The lowest BCUT2D eigenvalue weighted by atomic mass is 9.98. The first-order valence-electron chi connectivity index (χ1n) is 6.99. The predicted octanol–water partition coefficient (Wildman–Crippen LogP) is 3.53. The topological polar surface area (TPSA) is 38.7 Å². The lowest BCUT2D eigenvalue weighted by Crippen LogP contribution is -2.21. The summed E-state index contributed by atoms with van der Waals surface area (Å²) in [6.07, 6.45) is 0.877. The molecule has 1 N–H and O–H groups in total. The van der Waals surface area contributed by atoms with E-state index in [1.165, 1.54) is 11.1 Å². The van der Waals surface area contributed by atoms with E-state index in [2.05, 4.69) is 12.1 Å². The van der Waals surface area contributed by atoms with E-state index in [-0.39, 0.29) is 12.7 Å². The molecule has 1 aliphatic rings. The van der Waals surface area contributed by atoms with Crippen LogP contribution in [0, 0.1) is 0 Å². The molecule has 1 heterocycles. The molecule has 2 aromatic rings. The Bertz CT molecular complexity index is 627. The van der Waals surface area contributed by atoms with Gasteiger partial charge >= 0.3 is 0 Å². The molecule has 0 bridgehead atoms. The van der Waals surface area contributed by atoms with Gasteiger partial charge < -0.3 is 14.6 Å². The number of hydrogen-bond donors (Lipinski definition) is 1. The molecule has 0 saturated heterocycles. The quantitative estimate of drug-likeness (QED) is 0.939. The number of fused-ring (bicyclic) bond motifs is 1. The van der Waals surface area contributed by atoms with Crippen LogP contribution in [0.4, 0.5) is 0 Å². The molecular weight excluding hydrogens is 288 g/mol. The minimum absolute atomic E-state index is 0.0287. The first-order valence-corrected chi connectivity index (χ1v) is 7.37. The Morgan fingerprint density at radius 3 is 2.90 bits per heavy atom. The smallest absolute Gasteiger partial charge is 0.138 e. The molecule has 0 aromatic heterocycles. The fourth-order valence-corrected chi connectivity index (χ4v) is 2.80. The third-order valence-electron chi connectivity index (χ3n) is 3.66. The molecule has 4 heteroatoms. The molecule has 1 unspecified atom stereocenters. The molecule has 0 radical (unpaired) electrons. The lowest BCUT2D eigenvalue weighted by Gasteiger charge is -2.26. The highest BCUT2D eigenvalue weighted by atomic mass is 35.5. The maximum absolute atomic E-state index is 9.08. The zero-order valence-corrected chi connectivity index (χ0v) is 12.3. The summed E-state index contributed by atoms with van der Waals surface area (Å²) in [5, 5.41) is 9.58. The van der Waals surface area contributed by atoms with Crippen molar-refractivity contribution >= 4 is 11.6 Å². The van der Waals surface area contributed by atoms with Crippen LogP contribution in [0.5, 0.6) is 5.75 Å². The van der Waals surface area contributed by atoms with Gasteiger partial charge in [0, 0.05) is 0 Å². The molecule has 0 fully saturated rings. The summed E-state index contributed by atoms with van der Waals surface area (Å²) in [6.45, 7) is 1.11. The molecule has 110 valence electrons. The lowest BCUT2D eigenvalue weighted by molar-refractivity contribution is 0.0102. The normalized spacial score (nSPS) is 17.3. The van der Waals surface area contributed by atoms with Gasteiger partial charge in [0.25, 0.3) is 0 Å². The van der Waals surface area contributed by atoms with E-state index in [9.17, 15) is 0 Å². The van der Waals surface area contributed by atoms with Gasteiger partial charge in [-0.2, -0.15) is 0 Å². The fraction of sp³-hybridized carbons (Fsp3) is 0.294. The maximum Gasteiger partial charge on any atom is 0.138 e. The van der Waals surface area contributed by atoms with Crippen LogP contribution < -0.4 is 4.74 Å². The standard InChI is InChI=1S/C17H17ClO3/c18-15-9-12(10-19)5-6-16(15)21-11-17-14-4-2-1-3-13(14)7-8-20-17/h1-6,9,17,19H,7-8,10-11H2. The zero-order valence-electron chi connectivity index (χ0n) is 11.6. The van der Waals surface area contributed by atoms with Gasteiger partial charge in [-0.15, -0.1) is 0 Å². The number of rotatable bonds is 4. The van der Waals surface area contributed by atoms with Crippen molar-refractivity contribution in [2.24, 2.45) is 0 Å². The maximum atomic E-state index is 9.08. The average molecular weight is 305 g/mol. The molecule has 1 aliphatic heterocycles. The third kappa shape index (κ3) is 3.21. The van der Waals surface area contributed by atoms with E-state index in [0.29, 0.717) is 24.0 Å². The van der Waals surface area contributed by atoms with Gasteiger partial charge in [0.1, 0.15) is 18.5 Å². The molecule has 3 nitrogen and oxygen atoms in total. The summed E-state index contributed by atoms with van der Waals surface area (Å²) in [7, 11) is 0. The monoisotopic (exact) mass is 304 g/mol. The molecule has 0 aliphatic carbocycles. The number of hydrogen-bond acceptors (Lipinski definition) is 3. The van der Waals surface area contributed by atoms with E-state index in [1.54, 1.807) is 18.2 Å². The highest BCUT2D eigenvalue weighted by Gasteiger charge is 2.21. The molecule has 3 rings (SSSR count). The van der Waals surface area contributed by atoms with E-state index in [4.69, 9.17) is 26.2 Å². The molecular formula is C17H17ClO3. The van der Waals surface area contributed by atoms with Crippen LogP contribution in [0.3, 0.4) is 0 Å². The van der Waals surface area contributed by atoms with Gasteiger partial charge in [0.15, 0.2) is 0 Å². The highest BCUT2D eigenvalue weighted by molar-refractivity contribution is 6.32. The summed E-state index contributed by atoms with van der Waals surface area (Å²) >= 11 is 6.15. The molecule has 0 spiro atoms. The summed E-state index contributed by atoms with van der Waals surface area (Å²) in [5.41, 5.74) is 3.28. The number of aliphatic hydroxyl groups is 1. The molecule has 2 aromatic carbocycles. The second-order valence-corrected chi connectivity index (χ2v) is 5.45. The van der Waals surface area contributed by atoms with Crippen molar-refractivity contribution in [3.8, 4) is 5.75 Å². The number of ether oxygens (including phenoxy) is 2. The predicted molar refractivity (Wildman–Crippen MR) is 81.7 cm³/mol. The Labute approximate surface area is 129 Å². The van der Waals surface area contributed by atoms with Crippen molar-refractivity contribution in [2.75, 3.05) is 13.2 Å². The molecule has 0 saturated carbocycles. The minimum Gasteiger partial charge on any atom is -0.489 e. The van der Waals surface area contributed by atoms with Crippen molar-refractivity contribution < 1.29 is 14.6 Å². The van der Waals surface area contributed by atoms with Crippen LogP contribution in [0.2, 0.25) is 5.02 Å². The van der Waals surface area contributed by atoms with E-state index in [0.717, 1.165) is 12.0 Å². The van der Waals surface area contributed by atoms with Crippen molar-refractivity contribution in [3.05, 3.63) is 64.2 Å². The van der Waals surface area contributed by atoms with E-state index < -0.39 is 0 Å². The molecule has 0 amide bonds. The highest BCUT2D eigenvalue weighted by Crippen LogP contribution is 2.30. The van der Waals surface area contributed by atoms with Gasteiger partial charge in [-0.1, -0.05) is 41.9 Å². The number of aliphatic hydroxyl groups excluding tert-OH is 1. The van der Waals surface area contributed by atoms with Crippen LogP contribution >= 0.6 is 11.6 Å². The van der Waals surface area contributed by atoms with Crippen LogP contribution in [0.1, 0.15) is 22.8 Å². The Balaban J connectivity index is 1.71. The number of halogens is 1. The van der Waals surface area contributed by atoms with Crippen LogP contribution in [-0.4, -0.2) is 18.3 Å². The minimum atomic E-state index is -0.0662. The Kier molecular flexibility index (Phi) is 4.44. The van der Waals surface area contributed by atoms with Gasteiger partial charge in [0.05, 0.1) is 18.2 Å². The van der Waals surface area contributed by atoms with Gasteiger partial charge in [0.2, 0.25) is 0 Å². The zero-order chi connectivity index (χ0) is 14.7. The Morgan fingerprint density at radius 1 is 1.24 bits per heavy atom. The second kappa shape index (κ2) is 6.48. The van der Waals surface area contributed by atoms with Crippen LogP contribution in [0.25, 0.3) is 0 Å². The summed E-state index contributed by atoms with van der Waals surface area (Å²) in [6, 6.07) is 13.6. The van der Waals surface area contributed by atoms with Crippen molar-refractivity contribution in [1.29, 1.82) is 0 Å². The first kappa shape index (κ1) is 14.4. The molecule has 1 atom stereocenters. The SMILES string of the molecule is OCc1ccc(OCC2OCCc3ccccc32)c(Cl)c1.